The van der Waals surface area contributed by atoms with Crippen molar-refractivity contribution in [1.29, 1.82) is 0 Å². The molecule has 1 atom stereocenters. The Morgan fingerprint density at radius 1 is 1.36 bits per heavy atom. The Bertz CT molecular complexity index is 913. The number of fused-ring (bicyclic) bond motifs is 2. The van der Waals surface area contributed by atoms with Crippen molar-refractivity contribution < 1.29 is 9.90 Å². The number of carbonyl (C=O) groups excluding carboxylic acids is 1. The Balaban J connectivity index is 1.55. The number of aromatic hydroxyl groups is 1. The van der Waals surface area contributed by atoms with E-state index in [1.807, 2.05) is 30.1 Å². The Morgan fingerprint density at radius 3 is 2.93 bits per heavy atom. The number of anilines is 1. The fraction of sp³-hybridized carbons (Fsp3) is 0.476. The fourth-order valence-electron chi connectivity index (χ4n) is 4.44. The number of piperidine rings is 1. The van der Waals surface area contributed by atoms with Crippen LogP contribution in [-0.4, -0.2) is 53.1 Å². The summed E-state index contributed by atoms with van der Waals surface area (Å²) in [7, 11) is 3.89. The SMILES string of the molecule is CN(C)c1ncc2c(n1)C1(CCCN(C(=O)Cc3ccc(O)c(Cl)c3)C1)CC2. The van der Waals surface area contributed by atoms with E-state index in [-0.39, 0.29) is 28.5 Å². The quantitative estimate of drug-likeness (QED) is 0.857. The maximum atomic E-state index is 13.0. The summed E-state index contributed by atoms with van der Waals surface area (Å²) in [6.07, 6.45) is 6.25. The van der Waals surface area contributed by atoms with Gasteiger partial charge in [-0.05, 0) is 48.9 Å². The van der Waals surface area contributed by atoms with Crippen LogP contribution in [0.25, 0.3) is 0 Å². The van der Waals surface area contributed by atoms with Crippen LogP contribution in [0.3, 0.4) is 0 Å². The standard InChI is InChI=1S/C21H25ClN4O2/c1-25(2)20-23-12-15-6-8-21(19(15)24-20)7-3-9-26(13-21)18(28)11-14-4-5-17(27)16(22)10-14/h4-5,10,12,27H,3,6-9,11,13H2,1-2H3. The molecule has 1 N–H and O–H groups in total. The van der Waals surface area contributed by atoms with E-state index >= 15 is 0 Å². The third-order valence-corrected chi connectivity index (χ3v) is 6.23. The van der Waals surface area contributed by atoms with Crippen LogP contribution in [-0.2, 0) is 23.1 Å². The molecule has 0 radical (unpaired) electrons. The van der Waals surface area contributed by atoms with Gasteiger partial charge in [0.2, 0.25) is 11.9 Å². The molecule has 7 heteroatoms. The minimum atomic E-state index is -0.0659. The molecule has 1 amide bonds. The molecule has 1 aromatic heterocycles. The number of halogens is 1. The second-order valence-corrected chi connectivity index (χ2v) is 8.51. The summed E-state index contributed by atoms with van der Waals surface area (Å²) in [4.78, 5) is 26.2. The lowest BCUT2D eigenvalue weighted by molar-refractivity contribution is -0.132. The molecule has 0 bridgehead atoms. The predicted octanol–water partition coefficient (Wildman–Crippen LogP) is 2.95. The summed E-state index contributed by atoms with van der Waals surface area (Å²) < 4.78 is 0. The predicted molar refractivity (Wildman–Crippen MR) is 109 cm³/mol. The van der Waals surface area contributed by atoms with Crippen molar-refractivity contribution in [3.8, 4) is 5.75 Å². The Morgan fingerprint density at radius 2 is 2.18 bits per heavy atom. The second-order valence-electron chi connectivity index (χ2n) is 8.10. The van der Waals surface area contributed by atoms with Crippen LogP contribution >= 0.6 is 11.6 Å². The molecule has 1 fully saturated rings. The monoisotopic (exact) mass is 400 g/mol. The van der Waals surface area contributed by atoms with E-state index in [4.69, 9.17) is 16.6 Å². The largest absolute Gasteiger partial charge is 0.506 e. The van der Waals surface area contributed by atoms with Crippen molar-refractivity contribution >= 4 is 23.5 Å². The number of amides is 1. The molecular formula is C21H25ClN4O2. The number of nitrogens with zero attached hydrogens (tertiary/aromatic N) is 4. The van der Waals surface area contributed by atoms with Crippen LogP contribution in [0.15, 0.2) is 24.4 Å². The minimum absolute atomic E-state index is 0.0359. The highest BCUT2D eigenvalue weighted by atomic mass is 35.5. The number of likely N-dealkylation sites (tertiary alicyclic amines) is 1. The van der Waals surface area contributed by atoms with Crippen LogP contribution in [0, 0.1) is 0 Å². The van der Waals surface area contributed by atoms with Gasteiger partial charge in [0.05, 0.1) is 17.1 Å². The average Bonchev–Trinajstić information content (AvgIpc) is 3.02. The third-order valence-electron chi connectivity index (χ3n) is 5.92. The molecule has 1 aromatic carbocycles. The Labute approximate surface area is 170 Å². The van der Waals surface area contributed by atoms with Crippen LogP contribution in [0.4, 0.5) is 5.95 Å². The van der Waals surface area contributed by atoms with Gasteiger partial charge in [0.15, 0.2) is 0 Å². The molecule has 1 spiro atoms. The first-order valence-electron chi connectivity index (χ1n) is 9.67. The first-order valence-corrected chi connectivity index (χ1v) is 10.0. The first kappa shape index (κ1) is 19.0. The van der Waals surface area contributed by atoms with Gasteiger partial charge in [0, 0.05) is 38.8 Å². The van der Waals surface area contributed by atoms with Gasteiger partial charge in [-0.3, -0.25) is 4.79 Å². The molecule has 1 unspecified atom stereocenters. The normalized spacial score (nSPS) is 21.0. The van der Waals surface area contributed by atoms with E-state index in [1.54, 1.807) is 12.1 Å². The van der Waals surface area contributed by atoms with Crippen molar-refractivity contribution in [2.75, 3.05) is 32.1 Å². The van der Waals surface area contributed by atoms with Gasteiger partial charge < -0.3 is 14.9 Å². The summed E-state index contributed by atoms with van der Waals surface area (Å²) in [5.41, 5.74) is 3.09. The van der Waals surface area contributed by atoms with Crippen molar-refractivity contribution in [3.05, 3.63) is 46.2 Å². The number of benzene rings is 1. The van der Waals surface area contributed by atoms with Crippen molar-refractivity contribution in [3.63, 3.8) is 0 Å². The number of rotatable bonds is 3. The van der Waals surface area contributed by atoms with Gasteiger partial charge in [0.25, 0.3) is 0 Å². The topological polar surface area (TPSA) is 69.6 Å². The summed E-state index contributed by atoms with van der Waals surface area (Å²) in [5, 5.41) is 9.85. The number of hydrogen-bond acceptors (Lipinski definition) is 5. The van der Waals surface area contributed by atoms with Gasteiger partial charge >= 0.3 is 0 Å². The number of aromatic nitrogens is 2. The van der Waals surface area contributed by atoms with Crippen LogP contribution in [0.1, 0.15) is 36.1 Å². The van der Waals surface area contributed by atoms with Crippen LogP contribution in [0.5, 0.6) is 5.75 Å². The summed E-state index contributed by atoms with van der Waals surface area (Å²) in [6.45, 7) is 1.47. The smallest absolute Gasteiger partial charge is 0.227 e. The first-order chi connectivity index (χ1) is 13.4. The van der Waals surface area contributed by atoms with Crippen molar-refractivity contribution in [2.45, 2.75) is 37.5 Å². The Kier molecular flexibility index (Phi) is 4.91. The maximum Gasteiger partial charge on any atom is 0.227 e. The van der Waals surface area contributed by atoms with Gasteiger partial charge in [0.1, 0.15) is 5.75 Å². The molecule has 4 rings (SSSR count). The van der Waals surface area contributed by atoms with Crippen LogP contribution in [0.2, 0.25) is 5.02 Å². The molecular weight excluding hydrogens is 376 g/mol. The number of phenols is 1. The molecule has 2 aromatic rings. The van der Waals surface area contributed by atoms with Gasteiger partial charge in [-0.15, -0.1) is 0 Å². The maximum absolute atomic E-state index is 13.0. The number of aryl methyl sites for hydroxylation is 1. The number of hydrogen-bond donors (Lipinski definition) is 1. The zero-order chi connectivity index (χ0) is 19.9. The van der Waals surface area contributed by atoms with E-state index in [0.717, 1.165) is 49.4 Å². The lowest BCUT2D eigenvalue weighted by Gasteiger charge is -2.40. The number of carbonyl (C=O) groups is 1. The summed E-state index contributed by atoms with van der Waals surface area (Å²) in [6, 6.07) is 4.95. The highest BCUT2D eigenvalue weighted by Crippen LogP contribution is 2.44. The van der Waals surface area contributed by atoms with Gasteiger partial charge in [-0.25, -0.2) is 9.97 Å². The zero-order valence-corrected chi connectivity index (χ0v) is 17.0. The van der Waals surface area contributed by atoms with E-state index in [0.29, 0.717) is 6.54 Å². The molecule has 1 saturated heterocycles. The lowest BCUT2D eigenvalue weighted by atomic mass is 9.77. The highest BCUT2D eigenvalue weighted by Gasteiger charge is 2.44. The number of phenolic OH excluding ortho intramolecular Hbond substituents is 1. The average molecular weight is 401 g/mol. The van der Waals surface area contributed by atoms with Crippen LogP contribution < -0.4 is 4.90 Å². The molecule has 1 aliphatic carbocycles. The highest BCUT2D eigenvalue weighted by molar-refractivity contribution is 6.32. The van der Waals surface area contributed by atoms with E-state index < -0.39 is 0 Å². The Hall–Kier alpha value is -2.34. The van der Waals surface area contributed by atoms with Gasteiger partial charge in [-0.1, -0.05) is 17.7 Å². The van der Waals surface area contributed by atoms with E-state index in [2.05, 4.69) is 4.98 Å². The second kappa shape index (κ2) is 7.24. The molecule has 1 aliphatic heterocycles. The van der Waals surface area contributed by atoms with E-state index in [1.165, 1.54) is 11.6 Å². The van der Waals surface area contributed by atoms with Crippen molar-refractivity contribution in [1.82, 2.24) is 14.9 Å². The minimum Gasteiger partial charge on any atom is -0.506 e. The third kappa shape index (κ3) is 3.41. The molecule has 2 heterocycles. The molecule has 28 heavy (non-hydrogen) atoms. The van der Waals surface area contributed by atoms with E-state index in [9.17, 15) is 9.90 Å². The molecule has 0 saturated carbocycles. The lowest BCUT2D eigenvalue weighted by Crippen LogP contribution is -2.48. The molecule has 148 valence electrons. The van der Waals surface area contributed by atoms with Gasteiger partial charge in [-0.2, -0.15) is 0 Å². The fourth-order valence-corrected chi connectivity index (χ4v) is 4.64. The molecule has 6 nitrogen and oxygen atoms in total. The summed E-state index contributed by atoms with van der Waals surface area (Å²) in [5.74, 6) is 0.854. The van der Waals surface area contributed by atoms with Crippen molar-refractivity contribution in [2.24, 2.45) is 0 Å². The molecule has 2 aliphatic rings. The summed E-state index contributed by atoms with van der Waals surface area (Å²) >= 11 is 5.99. The zero-order valence-electron chi connectivity index (χ0n) is 16.3.